The van der Waals surface area contributed by atoms with Crippen LogP contribution in [0.2, 0.25) is 0 Å². The normalized spacial score (nSPS) is 12.5. The highest BCUT2D eigenvalue weighted by molar-refractivity contribution is 5.00. The van der Waals surface area contributed by atoms with E-state index in [1.807, 2.05) is 0 Å². The molecule has 2 nitrogen and oxygen atoms in total. The average Bonchev–Trinajstić information content (AvgIpc) is 1.97. The first-order valence-electron chi connectivity index (χ1n) is 5.81. The maximum absolute atomic E-state index is 4.10. The highest BCUT2D eigenvalue weighted by Crippen LogP contribution is 2.02. The first-order valence-corrected chi connectivity index (χ1v) is 5.81. The van der Waals surface area contributed by atoms with Gasteiger partial charge in [0, 0.05) is 25.2 Å². The van der Waals surface area contributed by atoms with Crippen LogP contribution in [0.15, 0.2) is 12.2 Å². The SMILES string of the molecule is C=C(CNC(C)(C)C)CN(C)CC(C)C. The van der Waals surface area contributed by atoms with Crippen LogP contribution in [-0.4, -0.2) is 37.1 Å². The van der Waals surface area contributed by atoms with Crippen molar-refractivity contribution >= 4 is 0 Å². The molecule has 90 valence electrons. The molecule has 0 rings (SSSR count). The molecule has 0 aliphatic rings. The van der Waals surface area contributed by atoms with Crippen LogP contribution >= 0.6 is 0 Å². The zero-order valence-corrected chi connectivity index (χ0v) is 11.4. The quantitative estimate of drug-likeness (QED) is 0.681. The van der Waals surface area contributed by atoms with Crippen LogP contribution in [0.5, 0.6) is 0 Å². The Hall–Kier alpha value is -0.340. The zero-order valence-electron chi connectivity index (χ0n) is 11.4. The Morgan fingerprint density at radius 2 is 1.87 bits per heavy atom. The third-order valence-corrected chi connectivity index (χ3v) is 2.04. The fraction of sp³-hybridized carbons (Fsp3) is 0.846. The van der Waals surface area contributed by atoms with E-state index < -0.39 is 0 Å². The van der Waals surface area contributed by atoms with Gasteiger partial charge in [-0.1, -0.05) is 20.4 Å². The largest absolute Gasteiger partial charge is 0.308 e. The number of hydrogen-bond donors (Lipinski definition) is 1. The van der Waals surface area contributed by atoms with Crippen molar-refractivity contribution in [1.29, 1.82) is 0 Å². The van der Waals surface area contributed by atoms with Gasteiger partial charge in [0.05, 0.1) is 0 Å². The van der Waals surface area contributed by atoms with Crippen molar-refractivity contribution in [3.63, 3.8) is 0 Å². The molecule has 0 aromatic rings. The summed E-state index contributed by atoms with van der Waals surface area (Å²) in [6.45, 7) is 18.2. The molecule has 0 aromatic heterocycles. The van der Waals surface area contributed by atoms with Crippen molar-refractivity contribution in [2.75, 3.05) is 26.7 Å². The summed E-state index contributed by atoms with van der Waals surface area (Å²) < 4.78 is 0. The predicted molar refractivity (Wildman–Crippen MR) is 69.2 cm³/mol. The molecule has 0 atom stereocenters. The lowest BCUT2D eigenvalue weighted by Crippen LogP contribution is -2.38. The highest BCUT2D eigenvalue weighted by Gasteiger charge is 2.09. The van der Waals surface area contributed by atoms with Gasteiger partial charge in [-0.2, -0.15) is 0 Å². The number of nitrogens with zero attached hydrogens (tertiary/aromatic N) is 1. The van der Waals surface area contributed by atoms with Crippen molar-refractivity contribution < 1.29 is 0 Å². The first kappa shape index (κ1) is 14.7. The van der Waals surface area contributed by atoms with Gasteiger partial charge in [-0.15, -0.1) is 0 Å². The van der Waals surface area contributed by atoms with Crippen LogP contribution < -0.4 is 5.32 Å². The summed E-state index contributed by atoms with van der Waals surface area (Å²) in [6, 6.07) is 0. The lowest BCUT2D eigenvalue weighted by molar-refractivity contribution is 0.313. The molecule has 1 N–H and O–H groups in total. The molecule has 2 heteroatoms. The van der Waals surface area contributed by atoms with E-state index >= 15 is 0 Å². The molecule has 0 radical (unpaired) electrons. The van der Waals surface area contributed by atoms with Crippen LogP contribution in [0, 0.1) is 5.92 Å². The van der Waals surface area contributed by atoms with Crippen molar-refractivity contribution in [2.45, 2.75) is 40.2 Å². The summed E-state index contributed by atoms with van der Waals surface area (Å²) in [5.41, 5.74) is 1.44. The molecule has 0 heterocycles. The predicted octanol–water partition coefficient (Wildman–Crippen LogP) is 2.52. The Kier molecular flexibility index (Phi) is 6.15. The van der Waals surface area contributed by atoms with E-state index in [1.165, 1.54) is 5.57 Å². The van der Waals surface area contributed by atoms with Crippen molar-refractivity contribution in [2.24, 2.45) is 5.92 Å². The molecule has 0 aromatic carbocycles. The standard InChI is InChI=1S/C13H28N2/c1-11(2)9-15(7)10-12(3)8-14-13(4,5)6/h11,14H,3,8-10H2,1-2,4-7H3. The third-order valence-electron chi connectivity index (χ3n) is 2.04. The van der Waals surface area contributed by atoms with Crippen molar-refractivity contribution in [1.82, 2.24) is 10.2 Å². The third kappa shape index (κ3) is 9.95. The molecule has 0 fully saturated rings. The van der Waals surface area contributed by atoms with Gasteiger partial charge in [0.1, 0.15) is 0 Å². The van der Waals surface area contributed by atoms with Crippen LogP contribution in [0.25, 0.3) is 0 Å². The van der Waals surface area contributed by atoms with Gasteiger partial charge < -0.3 is 10.2 Å². The molecule has 0 saturated carbocycles. The van der Waals surface area contributed by atoms with Crippen molar-refractivity contribution in [3.8, 4) is 0 Å². The first-order chi connectivity index (χ1) is 6.70. The Labute approximate surface area is 95.7 Å². The van der Waals surface area contributed by atoms with Gasteiger partial charge in [-0.3, -0.25) is 0 Å². The second kappa shape index (κ2) is 6.29. The van der Waals surface area contributed by atoms with E-state index in [0.717, 1.165) is 25.6 Å². The molecular weight excluding hydrogens is 184 g/mol. The van der Waals surface area contributed by atoms with Gasteiger partial charge >= 0.3 is 0 Å². The van der Waals surface area contributed by atoms with E-state index in [4.69, 9.17) is 0 Å². The monoisotopic (exact) mass is 212 g/mol. The molecule has 0 amide bonds. The molecule has 0 aliphatic carbocycles. The smallest absolute Gasteiger partial charge is 0.0199 e. The summed E-state index contributed by atoms with van der Waals surface area (Å²) >= 11 is 0. The topological polar surface area (TPSA) is 15.3 Å². The molecule has 0 unspecified atom stereocenters. The summed E-state index contributed by atoms with van der Waals surface area (Å²) in [4.78, 5) is 2.33. The molecule has 0 spiro atoms. The van der Waals surface area contributed by atoms with Crippen LogP contribution in [0.1, 0.15) is 34.6 Å². The van der Waals surface area contributed by atoms with Gasteiger partial charge in [-0.05, 0) is 39.3 Å². The lowest BCUT2D eigenvalue weighted by Gasteiger charge is -2.24. The van der Waals surface area contributed by atoms with Gasteiger partial charge in [0.15, 0.2) is 0 Å². The Balaban J connectivity index is 3.74. The molecule has 0 aliphatic heterocycles. The molecule has 0 bridgehead atoms. The van der Waals surface area contributed by atoms with Crippen LogP contribution in [0.3, 0.4) is 0 Å². The van der Waals surface area contributed by atoms with Crippen LogP contribution in [-0.2, 0) is 0 Å². The van der Waals surface area contributed by atoms with E-state index in [-0.39, 0.29) is 5.54 Å². The minimum absolute atomic E-state index is 0.180. The Bertz CT molecular complexity index is 189. The van der Waals surface area contributed by atoms with Gasteiger partial charge in [0.2, 0.25) is 0 Å². The lowest BCUT2D eigenvalue weighted by atomic mass is 10.1. The Morgan fingerprint density at radius 3 is 2.27 bits per heavy atom. The number of nitrogens with one attached hydrogen (secondary N) is 1. The minimum Gasteiger partial charge on any atom is -0.308 e. The zero-order chi connectivity index (χ0) is 12.1. The second-order valence-corrected chi connectivity index (χ2v) is 5.94. The van der Waals surface area contributed by atoms with E-state index in [0.29, 0.717) is 0 Å². The molecular formula is C13H28N2. The number of rotatable bonds is 6. The summed E-state index contributed by atoms with van der Waals surface area (Å²) in [5, 5.41) is 3.45. The van der Waals surface area contributed by atoms with Gasteiger partial charge in [-0.25, -0.2) is 0 Å². The summed E-state index contributed by atoms with van der Waals surface area (Å²) in [6.07, 6.45) is 0. The molecule has 15 heavy (non-hydrogen) atoms. The Morgan fingerprint density at radius 1 is 1.33 bits per heavy atom. The fourth-order valence-corrected chi connectivity index (χ4v) is 1.52. The maximum atomic E-state index is 4.10. The maximum Gasteiger partial charge on any atom is 0.0199 e. The number of hydrogen-bond acceptors (Lipinski definition) is 2. The second-order valence-electron chi connectivity index (χ2n) is 5.94. The van der Waals surface area contributed by atoms with Crippen molar-refractivity contribution in [3.05, 3.63) is 12.2 Å². The molecule has 0 saturated heterocycles. The van der Waals surface area contributed by atoms with E-state index in [2.05, 4.69) is 58.5 Å². The highest BCUT2D eigenvalue weighted by atomic mass is 15.1. The van der Waals surface area contributed by atoms with Gasteiger partial charge in [0.25, 0.3) is 0 Å². The summed E-state index contributed by atoms with van der Waals surface area (Å²) in [7, 11) is 2.16. The van der Waals surface area contributed by atoms with E-state index in [9.17, 15) is 0 Å². The van der Waals surface area contributed by atoms with E-state index in [1.54, 1.807) is 0 Å². The minimum atomic E-state index is 0.180. The van der Waals surface area contributed by atoms with Crippen LogP contribution in [0.4, 0.5) is 0 Å². The fourth-order valence-electron chi connectivity index (χ4n) is 1.52. The number of likely N-dealkylation sites (N-methyl/N-ethyl adjacent to an activating group) is 1. The summed E-state index contributed by atoms with van der Waals surface area (Å²) in [5.74, 6) is 0.721. The average molecular weight is 212 g/mol.